The van der Waals surface area contributed by atoms with Gasteiger partial charge in [-0.1, -0.05) is 0 Å². The molecule has 0 aliphatic heterocycles. The lowest BCUT2D eigenvalue weighted by atomic mass is 13.0. The highest BCUT2D eigenvalue weighted by molar-refractivity contribution is 4.36. The average Bonchev–Trinajstić information content (AvgIpc) is 0.918. The number of nitrogens with zero attached hydrogens (tertiary/aromatic N) is 3. The number of rotatable bonds is 0. The molecule has 4 nitrogen and oxygen atoms in total. The van der Waals surface area contributed by atoms with Gasteiger partial charge in [0.15, 0.2) is 0 Å². The Balaban J connectivity index is 0. The first-order chi connectivity index (χ1) is 1.41. The van der Waals surface area contributed by atoms with Crippen LogP contribution in [-0.2, 0) is 0 Å². The molecule has 0 heterocycles. The van der Waals surface area contributed by atoms with E-state index in [4.69, 9.17) is 11.1 Å². The van der Waals surface area contributed by atoms with Crippen LogP contribution in [0.3, 0.4) is 0 Å². The summed E-state index contributed by atoms with van der Waals surface area (Å²) < 4.78 is 0. The zero-order valence-corrected chi connectivity index (χ0v) is 2.05. The van der Waals surface area contributed by atoms with Crippen LogP contribution in [0.15, 0.2) is 0 Å². The molecule has 0 aliphatic rings. The molecular weight excluding hydrogens is 56.0 g/mol. The van der Waals surface area contributed by atoms with E-state index in [0.29, 0.717) is 0 Å². The van der Waals surface area contributed by atoms with Crippen LogP contribution in [0.1, 0.15) is 0 Å². The molecule has 0 bridgehead atoms. The van der Waals surface area contributed by atoms with E-state index in [2.05, 4.69) is 0 Å². The summed E-state index contributed by atoms with van der Waals surface area (Å²) in [7, 11) is 0. The number of hydrogen-bond acceptors (Lipinski definition) is 1. The third-order valence-corrected chi connectivity index (χ3v) is 0. The number of hydrogen-bond donors (Lipinski definition) is 1. The van der Waals surface area contributed by atoms with Crippen molar-refractivity contribution in [2.75, 3.05) is 0 Å². The Labute approximate surface area is 23.4 Å². The Morgan fingerprint density at radius 1 is 1.25 bits per heavy atom. The summed E-state index contributed by atoms with van der Waals surface area (Å²) in [6, 6.07) is 0. The Hall–Kier alpha value is -0.730. The Bertz CT molecular complexity index is 21.0. The van der Waals surface area contributed by atoms with Gasteiger partial charge in [-0.15, -0.1) is 0 Å². The zero-order chi connectivity index (χ0) is 2.71. The van der Waals surface area contributed by atoms with E-state index in [9.17, 15) is 0 Å². The largest absolute Gasteiger partial charge is 0.373 e. The van der Waals surface area contributed by atoms with E-state index in [1.165, 1.54) is 4.91 Å². The summed E-state index contributed by atoms with van der Waals surface area (Å²) in [5, 5.41) is 0. The minimum absolute atomic E-state index is 0. The maximum Gasteiger partial charge on any atom is -0.255 e. The topological polar surface area (TPSA) is 93.7 Å². The van der Waals surface area contributed by atoms with Crippen LogP contribution in [0.25, 0.3) is 16.0 Å². The van der Waals surface area contributed by atoms with Crippen LogP contribution in [0.4, 0.5) is 0 Å². The van der Waals surface area contributed by atoms with Crippen LogP contribution >= 0.6 is 0 Å². The Kier molecular flexibility index (Phi) is 131. The van der Waals surface area contributed by atoms with Crippen molar-refractivity contribution < 1.29 is 0 Å². The summed E-state index contributed by atoms with van der Waals surface area (Å²) in [5.41, 5.74) is 13.5. The molecule has 0 atom stereocenters. The van der Waals surface area contributed by atoms with Gasteiger partial charge in [-0.05, 0) is 0 Å². The molecule has 4 heteroatoms. The van der Waals surface area contributed by atoms with Crippen molar-refractivity contribution in [3.63, 3.8) is 0 Å². The standard InChI is InChI=1S/N3.H3N/c1-3-2;/h;1H3/q-1;. The van der Waals surface area contributed by atoms with E-state index in [-0.39, 0.29) is 6.15 Å². The predicted molar refractivity (Wildman–Crippen MR) is 15.1 cm³/mol. The van der Waals surface area contributed by atoms with Gasteiger partial charge in [-0.2, -0.15) is 0 Å². The van der Waals surface area contributed by atoms with Crippen LogP contribution in [0, 0.1) is 0 Å². The van der Waals surface area contributed by atoms with Crippen molar-refractivity contribution in [1.29, 1.82) is 0 Å². The van der Waals surface area contributed by atoms with E-state index < -0.39 is 0 Å². The quantitative estimate of drug-likeness (QED) is 0.252. The maximum atomic E-state index is 6.75. The first-order valence-electron chi connectivity index (χ1n) is 0.400. The molecule has 0 rings (SSSR count). The van der Waals surface area contributed by atoms with Gasteiger partial charge >= 0.3 is 0 Å². The van der Waals surface area contributed by atoms with Crippen molar-refractivity contribution in [3.8, 4) is 0 Å². The van der Waals surface area contributed by atoms with Crippen molar-refractivity contribution >= 4 is 0 Å². The molecule has 0 aromatic rings. The fourth-order valence-electron chi connectivity index (χ4n) is 0. The first kappa shape index (κ1) is 10.4. The van der Waals surface area contributed by atoms with Gasteiger partial charge in [-0.25, -0.2) is 0 Å². The normalized spacial score (nSPS) is 2.00. The second-order valence-corrected chi connectivity index (χ2v) is 0.0894. The van der Waals surface area contributed by atoms with Gasteiger partial charge in [0.1, 0.15) is 0 Å². The van der Waals surface area contributed by atoms with Crippen molar-refractivity contribution in [3.05, 3.63) is 16.0 Å². The van der Waals surface area contributed by atoms with E-state index >= 15 is 0 Å². The third kappa shape index (κ3) is 0.174. The fourth-order valence-corrected chi connectivity index (χ4v) is 0. The summed E-state index contributed by atoms with van der Waals surface area (Å²) in [5.74, 6) is 0. The van der Waals surface area contributed by atoms with Gasteiger partial charge in [0.2, 0.25) is 0 Å². The molecule has 0 fully saturated rings. The zero-order valence-electron chi connectivity index (χ0n) is 2.05. The van der Waals surface area contributed by atoms with Gasteiger partial charge in [-0.3, -0.25) is 4.91 Å². The SMILES string of the molecule is N.[N-]=[N+]=[N-]. The molecule has 3 N–H and O–H groups in total. The highest BCUT2D eigenvalue weighted by Crippen LogP contribution is 1.29. The lowest BCUT2D eigenvalue weighted by molar-refractivity contribution is 2.13. The van der Waals surface area contributed by atoms with Gasteiger partial charge < -0.3 is 17.2 Å². The van der Waals surface area contributed by atoms with Crippen LogP contribution in [0.5, 0.6) is 0 Å². The molecule has 0 amide bonds. The summed E-state index contributed by atoms with van der Waals surface area (Å²) >= 11 is 0. The molecule has 0 radical (unpaired) electrons. The van der Waals surface area contributed by atoms with Gasteiger partial charge in [0.25, 0.3) is 0 Å². The van der Waals surface area contributed by atoms with Crippen LogP contribution in [-0.4, -0.2) is 0 Å². The highest BCUT2D eigenvalue weighted by Gasteiger charge is 0.689. The first-order valence-corrected chi connectivity index (χ1v) is 0.400. The minimum Gasteiger partial charge on any atom is -0.373 e. The van der Waals surface area contributed by atoms with Crippen LogP contribution < -0.4 is 6.15 Å². The van der Waals surface area contributed by atoms with E-state index in [0.717, 1.165) is 0 Å². The lowest BCUT2D eigenvalue weighted by Crippen LogP contribution is -0.711. The molecule has 0 aromatic carbocycles. The molecule has 4 heavy (non-hydrogen) atoms. The molecule has 24 valence electrons. The molecular formula is H3N4-. The molecule has 0 aromatic heterocycles. The molecule has 0 spiro atoms. The maximum absolute atomic E-state index is 6.75. The minimum atomic E-state index is 0. The van der Waals surface area contributed by atoms with E-state index in [1.54, 1.807) is 0 Å². The highest BCUT2D eigenvalue weighted by atomic mass is 15.0. The monoisotopic (exact) mass is 59.0 g/mol. The van der Waals surface area contributed by atoms with Gasteiger partial charge in [0.05, 0.1) is 0 Å². The summed E-state index contributed by atoms with van der Waals surface area (Å²) in [6.07, 6.45) is 0. The Morgan fingerprint density at radius 2 is 1.25 bits per heavy atom. The predicted octanol–water partition coefficient (Wildman–Crippen LogP) is 1.03. The van der Waals surface area contributed by atoms with Crippen LogP contribution in [0.2, 0.25) is 0 Å². The fraction of sp³-hybridized carbons (Fsp3) is 0. The van der Waals surface area contributed by atoms with Gasteiger partial charge in [0, 0.05) is 0 Å². The Morgan fingerprint density at radius 3 is 1.25 bits per heavy atom. The molecule has 0 saturated carbocycles. The smallest absolute Gasteiger partial charge is 0.255 e. The van der Waals surface area contributed by atoms with Crippen molar-refractivity contribution in [1.82, 2.24) is 6.15 Å². The summed E-state index contributed by atoms with van der Waals surface area (Å²) in [4.78, 5) is 1.50. The van der Waals surface area contributed by atoms with E-state index in [1.807, 2.05) is 0 Å². The lowest BCUT2D eigenvalue weighted by Gasteiger charge is -1.31. The molecule has 0 aliphatic carbocycles. The average molecular weight is 59.1 g/mol. The second kappa shape index (κ2) is 50.2. The second-order valence-electron chi connectivity index (χ2n) is 0.0894. The third-order valence-electron chi connectivity index (χ3n) is 0. The van der Waals surface area contributed by atoms with Crippen molar-refractivity contribution in [2.24, 2.45) is 0 Å². The molecule has 0 unspecified atom stereocenters. The summed E-state index contributed by atoms with van der Waals surface area (Å²) in [6.45, 7) is 0. The molecule has 0 saturated heterocycles. The van der Waals surface area contributed by atoms with Crippen molar-refractivity contribution in [2.45, 2.75) is 0 Å².